The van der Waals surface area contributed by atoms with E-state index < -0.39 is 32.5 Å². The number of methoxy groups -OCH3 is 1. The lowest BCUT2D eigenvalue weighted by Crippen LogP contribution is -2.37. The Hall–Kier alpha value is -4.09. The number of amides is 1. The molecule has 1 amide bonds. The molecular formula is C26H25N3O6S2. The molecule has 0 aliphatic heterocycles. The lowest BCUT2D eigenvalue weighted by atomic mass is 10.1. The van der Waals surface area contributed by atoms with Gasteiger partial charge in [0, 0.05) is 17.1 Å². The van der Waals surface area contributed by atoms with Crippen LogP contribution in [-0.2, 0) is 24.8 Å². The zero-order valence-corrected chi connectivity index (χ0v) is 21.7. The highest BCUT2D eigenvalue weighted by molar-refractivity contribution is 7.92. The first-order valence-electron chi connectivity index (χ1n) is 11.1. The van der Waals surface area contributed by atoms with Crippen LogP contribution in [-0.4, -0.2) is 42.7 Å². The Labute approximate surface area is 215 Å². The molecule has 0 fully saturated rings. The SMILES string of the molecule is COc1cccc(N(CC(=O)Nc2ccc(S(=O)(=O)Nc3cccc4ccccc34)cc2)S(C)(=O)=O)c1. The summed E-state index contributed by atoms with van der Waals surface area (Å²) in [7, 11) is -6.21. The van der Waals surface area contributed by atoms with Crippen LogP contribution in [0.4, 0.5) is 17.1 Å². The van der Waals surface area contributed by atoms with Crippen LogP contribution in [0.15, 0.2) is 95.9 Å². The molecule has 0 atom stereocenters. The minimum atomic E-state index is -3.89. The maximum atomic E-state index is 13.0. The van der Waals surface area contributed by atoms with Gasteiger partial charge in [0.2, 0.25) is 15.9 Å². The molecular weight excluding hydrogens is 514 g/mol. The van der Waals surface area contributed by atoms with Crippen molar-refractivity contribution >= 4 is 53.8 Å². The Morgan fingerprint density at radius 2 is 1.54 bits per heavy atom. The number of hydrogen-bond donors (Lipinski definition) is 2. The minimum Gasteiger partial charge on any atom is -0.497 e. The van der Waals surface area contributed by atoms with E-state index in [1.165, 1.54) is 37.4 Å². The lowest BCUT2D eigenvalue weighted by Gasteiger charge is -2.22. The van der Waals surface area contributed by atoms with Crippen molar-refractivity contribution in [1.29, 1.82) is 0 Å². The fourth-order valence-corrected chi connectivity index (χ4v) is 5.66. The molecule has 11 heteroatoms. The number of sulfonamides is 2. The number of fused-ring (bicyclic) bond motifs is 1. The summed E-state index contributed by atoms with van der Waals surface area (Å²) in [5.74, 6) is -0.154. The van der Waals surface area contributed by atoms with E-state index in [0.717, 1.165) is 21.3 Å². The summed E-state index contributed by atoms with van der Waals surface area (Å²) in [5.41, 5.74) is 1.04. The van der Waals surface area contributed by atoms with Gasteiger partial charge < -0.3 is 10.1 Å². The highest BCUT2D eigenvalue weighted by Gasteiger charge is 2.22. The number of ether oxygens (including phenoxy) is 1. The minimum absolute atomic E-state index is 0.00702. The van der Waals surface area contributed by atoms with E-state index in [4.69, 9.17) is 4.74 Å². The molecule has 0 aliphatic carbocycles. The van der Waals surface area contributed by atoms with Gasteiger partial charge in [-0.1, -0.05) is 42.5 Å². The molecule has 0 heterocycles. The number of nitrogens with one attached hydrogen (secondary N) is 2. The maximum Gasteiger partial charge on any atom is 0.261 e. The third-order valence-electron chi connectivity index (χ3n) is 5.51. The average Bonchev–Trinajstić information content (AvgIpc) is 2.87. The maximum absolute atomic E-state index is 13.0. The fourth-order valence-electron chi connectivity index (χ4n) is 3.73. The van der Waals surface area contributed by atoms with E-state index >= 15 is 0 Å². The van der Waals surface area contributed by atoms with Gasteiger partial charge in [-0.3, -0.25) is 13.8 Å². The summed E-state index contributed by atoms with van der Waals surface area (Å²) in [6, 6.07) is 24.7. The molecule has 4 aromatic rings. The van der Waals surface area contributed by atoms with Gasteiger partial charge in [0.15, 0.2) is 0 Å². The second kappa shape index (κ2) is 10.5. The van der Waals surface area contributed by atoms with E-state index in [1.54, 1.807) is 30.3 Å². The van der Waals surface area contributed by atoms with E-state index in [0.29, 0.717) is 17.1 Å². The number of hydrogen-bond acceptors (Lipinski definition) is 6. The van der Waals surface area contributed by atoms with Gasteiger partial charge >= 0.3 is 0 Å². The van der Waals surface area contributed by atoms with Crippen LogP contribution in [0.1, 0.15) is 0 Å². The summed E-state index contributed by atoms with van der Waals surface area (Å²) >= 11 is 0. The van der Waals surface area contributed by atoms with Crippen molar-refractivity contribution in [2.24, 2.45) is 0 Å². The molecule has 4 rings (SSSR count). The predicted octanol–water partition coefficient (Wildman–Crippen LogP) is 4.05. The van der Waals surface area contributed by atoms with Crippen molar-refractivity contribution in [3.05, 3.63) is 91.0 Å². The van der Waals surface area contributed by atoms with Crippen molar-refractivity contribution < 1.29 is 26.4 Å². The van der Waals surface area contributed by atoms with Crippen LogP contribution in [0, 0.1) is 0 Å². The van der Waals surface area contributed by atoms with Gasteiger partial charge in [0.05, 0.1) is 29.6 Å². The first-order valence-corrected chi connectivity index (χ1v) is 14.4. The summed E-state index contributed by atoms with van der Waals surface area (Å²) in [6.07, 6.45) is 1.00. The number of rotatable bonds is 9. The first-order chi connectivity index (χ1) is 17.6. The van der Waals surface area contributed by atoms with E-state index in [1.807, 2.05) is 30.3 Å². The third kappa shape index (κ3) is 6.19. The molecule has 0 spiro atoms. The van der Waals surface area contributed by atoms with Crippen LogP contribution in [0.5, 0.6) is 5.75 Å². The van der Waals surface area contributed by atoms with Crippen LogP contribution in [0.25, 0.3) is 10.8 Å². The summed E-state index contributed by atoms with van der Waals surface area (Å²) in [6.45, 7) is -0.477. The second-order valence-corrected chi connectivity index (χ2v) is 11.8. The standard InChI is InChI=1S/C26H25N3O6S2/c1-35-22-10-6-9-21(17-22)29(36(2,31)32)18-26(30)27-20-13-15-23(16-14-20)37(33,34)28-25-12-5-8-19-7-3-4-11-24(19)25/h3-17,28H,18H2,1-2H3,(H,27,30). The molecule has 2 N–H and O–H groups in total. The largest absolute Gasteiger partial charge is 0.497 e. The zero-order valence-electron chi connectivity index (χ0n) is 20.1. The molecule has 0 unspecified atom stereocenters. The molecule has 4 aromatic carbocycles. The Bertz CT molecular complexity index is 1650. The molecule has 192 valence electrons. The van der Waals surface area contributed by atoms with Crippen LogP contribution >= 0.6 is 0 Å². The Morgan fingerprint density at radius 3 is 2.24 bits per heavy atom. The monoisotopic (exact) mass is 539 g/mol. The Balaban J connectivity index is 1.48. The van der Waals surface area contributed by atoms with Crippen LogP contribution in [0.3, 0.4) is 0 Å². The molecule has 0 bridgehead atoms. The molecule has 0 aliphatic rings. The molecule has 0 aromatic heterocycles. The van der Waals surface area contributed by atoms with Gasteiger partial charge in [-0.15, -0.1) is 0 Å². The van der Waals surface area contributed by atoms with Gasteiger partial charge in [-0.25, -0.2) is 16.8 Å². The molecule has 37 heavy (non-hydrogen) atoms. The second-order valence-electron chi connectivity index (χ2n) is 8.18. The summed E-state index contributed by atoms with van der Waals surface area (Å²) in [4.78, 5) is 12.7. The van der Waals surface area contributed by atoms with E-state index in [2.05, 4.69) is 10.0 Å². The molecule has 9 nitrogen and oxygen atoms in total. The highest BCUT2D eigenvalue weighted by atomic mass is 32.2. The smallest absolute Gasteiger partial charge is 0.261 e. The fraction of sp³-hybridized carbons (Fsp3) is 0.115. The normalized spacial score (nSPS) is 11.6. The molecule has 0 saturated heterocycles. The molecule has 0 radical (unpaired) electrons. The van der Waals surface area contributed by atoms with Gasteiger partial charge in [-0.2, -0.15) is 0 Å². The highest BCUT2D eigenvalue weighted by Crippen LogP contribution is 2.26. The number of carbonyl (C=O) groups excluding carboxylic acids is 1. The quantitative estimate of drug-likeness (QED) is 0.331. The van der Waals surface area contributed by atoms with Crippen LogP contribution < -0.4 is 19.1 Å². The summed E-state index contributed by atoms with van der Waals surface area (Å²) < 4.78 is 59.3. The lowest BCUT2D eigenvalue weighted by molar-refractivity contribution is -0.114. The summed E-state index contributed by atoms with van der Waals surface area (Å²) in [5, 5.41) is 4.27. The zero-order chi connectivity index (χ0) is 26.6. The van der Waals surface area contributed by atoms with E-state index in [-0.39, 0.29) is 10.6 Å². The number of carbonyl (C=O) groups is 1. The van der Waals surface area contributed by atoms with Crippen molar-refractivity contribution in [1.82, 2.24) is 0 Å². The van der Waals surface area contributed by atoms with E-state index in [9.17, 15) is 21.6 Å². The molecule has 0 saturated carbocycles. The topological polar surface area (TPSA) is 122 Å². The van der Waals surface area contributed by atoms with Gasteiger partial charge in [-0.05, 0) is 47.9 Å². The van der Waals surface area contributed by atoms with Crippen molar-refractivity contribution in [2.45, 2.75) is 4.90 Å². The average molecular weight is 540 g/mol. The number of benzene rings is 4. The van der Waals surface area contributed by atoms with Gasteiger partial charge in [0.1, 0.15) is 12.3 Å². The Morgan fingerprint density at radius 1 is 0.865 bits per heavy atom. The van der Waals surface area contributed by atoms with Crippen molar-refractivity contribution in [3.8, 4) is 5.75 Å². The number of nitrogens with zero attached hydrogens (tertiary/aromatic N) is 1. The van der Waals surface area contributed by atoms with Crippen molar-refractivity contribution in [2.75, 3.05) is 34.3 Å². The number of anilines is 3. The predicted molar refractivity (Wildman–Crippen MR) is 145 cm³/mol. The van der Waals surface area contributed by atoms with Crippen LogP contribution in [0.2, 0.25) is 0 Å². The van der Waals surface area contributed by atoms with Gasteiger partial charge in [0.25, 0.3) is 10.0 Å². The third-order valence-corrected chi connectivity index (χ3v) is 8.03. The first kappa shape index (κ1) is 26.0. The van der Waals surface area contributed by atoms with Crippen molar-refractivity contribution in [3.63, 3.8) is 0 Å². The Kier molecular flexibility index (Phi) is 7.37.